The molecule has 3 N–H and O–H groups in total. The molecule has 120 valence electrons. The fourth-order valence-corrected chi connectivity index (χ4v) is 2.30. The lowest BCUT2D eigenvalue weighted by Gasteiger charge is -2.10. The Labute approximate surface area is 130 Å². The van der Waals surface area contributed by atoms with Gasteiger partial charge < -0.3 is 15.5 Å². The Balaban J connectivity index is 2.66. The number of carbonyl (C=O) groups excluding carboxylic acids is 1. The molecular formula is C15H14N2O6. The lowest BCUT2D eigenvalue weighted by atomic mass is 9.97. The summed E-state index contributed by atoms with van der Waals surface area (Å²) in [6.07, 6.45) is 0.350. The van der Waals surface area contributed by atoms with Crippen molar-refractivity contribution in [3.8, 4) is 0 Å². The third-order valence-corrected chi connectivity index (χ3v) is 3.30. The predicted molar refractivity (Wildman–Crippen MR) is 81.6 cm³/mol. The first-order valence-electron chi connectivity index (χ1n) is 6.80. The van der Waals surface area contributed by atoms with Gasteiger partial charge in [0, 0.05) is 30.2 Å². The van der Waals surface area contributed by atoms with Crippen molar-refractivity contribution in [2.45, 2.75) is 6.42 Å². The molecule has 0 fully saturated rings. The lowest BCUT2D eigenvalue weighted by molar-refractivity contribution is -0.385. The third-order valence-electron chi connectivity index (χ3n) is 3.30. The maximum absolute atomic E-state index is 12.2. The topological polar surface area (TPSA) is 130 Å². The molecule has 0 unspecified atom stereocenters. The van der Waals surface area contributed by atoms with Crippen molar-refractivity contribution in [3.05, 3.63) is 51.6 Å². The fraction of sp³-hybridized carbons (Fsp3) is 0.200. The maximum Gasteiger partial charge on any atom is 0.343 e. The molecular weight excluding hydrogens is 304 g/mol. The Morgan fingerprint density at radius 2 is 1.96 bits per heavy atom. The van der Waals surface area contributed by atoms with Gasteiger partial charge in [0.25, 0.3) is 11.6 Å². The van der Waals surface area contributed by atoms with Crippen LogP contribution in [0.3, 0.4) is 0 Å². The SMILES string of the molecule is O=C(NCCCO)c1cccc2ccc([N+](=O)[O-])c(C(=O)O)c12. The minimum absolute atomic E-state index is 0.0238. The van der Waals surface area contributed by atoms with E-state index in [1.807, 2.05) is 0 Å². The van der Waals surface area contributed by atoms with Crippen LogP contribution in [0.1, 0.15) is 27.1 Å². The quantitative estimate of drug-likeness (QED) is 0.421. The molecule has 23 heavy (non-hydrogen) atoms. The maximum atomic E-state index is 12.2. The summed E-state index contributed by atoms with van der Waals surface area (Å²) >= 11 is 0. The van der Waals surface area contributed by atoms with Crippen molar-refractivity contribution in [2.24, 2.45) is 0 Å². The molecule has 2 aromatic carbocycles. The van der Waals surface area contributed by atoms with Gasteiger partial charge in [-0.05, 0) is 23.9 Å². The predicted octanol–water partition coefficient (Wildman–Crippen LogP) is 1.56. The number of hydrogen-bond acceptors (Lipinski definition) is 5. The molecule has 0 aromatic heterocycles. The zero-order valence-corrected chi connectivity index (χ0v) is 12.0. The van der Waals surface area contributed by atoms with Crippen LogP contribution in [0.2, 0.25) is 0 Å². The second-order valence-electron chi connectivity index (χ2n) is 4.76. The van der Waals surface area contributed by atoms with E-state index in [1.54, 1.807) is 12.1 Å². The van der Waals surface area contributed by atoms with E-state index in [0.717, 1.165) is 6.07 Å². The van der Waals surface area contributed by atoms with Gasteiger partial charge in [-0.3, -0.25) is 14.9 Å². The van der Waals surface area contributed by atoms with Crippen LogP contribution in [-0.4, -0.2) is 40.2 Å². The van der Waals surface area contributed by atoms with Gasteiger partial charge in [-0.15, -0.1) is 0 Å². The fourth-order valence-electron chi connectivity index (χ4n) is 2.30. The van der Waals surface area contributed by atoms with Gasteiger partial charge in [0.1, 0.15) is 5.56 Å². The number of benzene rings is 2. The van der Waals surface area contributed by atoms with Crippen LogP contribution in [0.15, 0.2) is 30.3 Å². The number of nitrogens with zero attached hydrogens (tertiary/aromatic N) is 1. The first kappa shape index (κ1) is 16.4. The number of hydrogen-bond donors (Lipinski definition) is 3. The van der Waals surface area contributed by atoms with E-state index in [4.69, 9.17) is 5.11 Å². The molecule has 0 aliphatic rings. The first-order valence-corrected chi connectivity index (χ1v) is 6.80. The van der Waals surface area contributed by atoms with Gasteiger partial charge in [-0.1, -0.05) is 12.1 Å². The molecule has 0 atom stereocenters. The summed E-state index contributed by atoms with van der Waals surface area (Å²) in [6, 6.07) is 7.08. The molecule has 0 saturated carbocycles. The van der Waals surface area contributed by atoms with Crippen molar-refractivity contribution in [2.75, 3.05) is 13.2 Å². The molecule has 0 heterocycles. The van der Waals surface area contributed by atoms with Crippen LogP contribution < -0.4 is 5.32 Å². The Morgan fingerprint density at radius 3 is 2.57 bits per heavy atom. The van der Waals surface area contributed by atoms with E-state index in [-0.39, 0.29) is 24.1 Å². The van der Waals surface area contributed by atoms with E-state index >= 15 is 0 Å². The van der Waals surface area contributed by atoms with Crippen molar-refractivity contribution < 1.29 is 24.7 Å². The molecule has 0 aliphatic carbocycles. The Morgan fingerprint density at radius 1 is 1.22 bits per heavy atom. The number of nitro groups is 1. The van der Waals surface area contributed by atoms with E-state index in [1.165, 1.54) is 12.1 Å². The largest absolute Gasteiger partial charge is 0.477 e. The number of aliphatic hydroxyl groups excluding tert-OH is 1. The van der Waals surface area contributed by atoms with Gasteiger partial charge in [0.15, 0.2) is 0 Å². The van der Waals surface area contributed by atoms with Crippen molar-refractivity contribution in [3.63, 3.8) is 0 Å². The van der Waals surface area contributed by atoms with E-state index in [2.05, 4.69) is 5.32 Å². The van der Waals surface area contributed by atoms with Crippen molar-refractivity contribution in [1.82, 2.24) is 5.32 Å². The molecule has 2 rings (SSSR count). The number of carboxylic acid groups (broad SMARTS) is 1. The number of nitro benzene ring substituents is 1. The smallest absolute Gasteiger partial charge is 0.343 e. The summed E-state index contributed by atoms with van der Waals surface area (Å²) in [6.45, 7) is 0.116. The zero-order valence-electron chi connectivity index (χ0n) is 12.0. The highest BCUT2D eigenvalue weighted by atomic mass is 16.6. The molecule has 1 amide bonds. The molecule has 0 aliphatic heterocycles. The van der Waals surface area contributed by atoms with E-state index in [0.29, 0.717) is 11.8 Å². The van der Waals surface area contributed by atoms with Crippen molar-refractivity contribution >= 4 is 28.3 Å². The Hall–Kier alpha value is -3.00. The highest BCUT2D eigenvalue weighted by Crippen LogP contribution is 2.30. The number of carbonyl (C=O) groups is 2. The third kappa shape index (κ3) is 3.27. The standard InChI is InChI=1S/C15H14N2O6/c18-8-2-7-16-14(19)10-4-1-3-9-5-6-11(17(22)23)13(12(9)10)15(20)21/h1,3-6,18H,2,7-8H2,(H,16,19)(H,20,21). The van der Waals surface area contributed by atoms with Gasteiger partial charge in [-0.25, -0.2) is 4.79 Å². The van der Waals surface area contributed by atoms with E-state index < -0.39 is 28.1 Å². The average Bonchev–Trinajstić information content (AvgIpc) is 2.52. The van der Waals surface area contributed by atoms with Crippen LogP contribution in [0.5, 0.6) is 0 Å². The van der Waals surface area contributed by atoms with E-state index in [9.17, 15) is 24.8 Å². The molecule has 0 spiro atoms. The van der Waals surface area contributed by atoms with Crippen LogP contribution >= 0.6 is 0 Å². The second kappa shape index (κ2) is 6.84. The normalized spacial score (nSPS) is 10.5. The zero-order chi connectivity index (χ0) is 17.0. The summed E-state index contributed by atoms with van der Waals surface area (Å²) in [5.74, 6) is -2.02. The highest BCUT2D eigenvalue weighted by Gasteiger charge is 2.26. The highest BCUT2D eigenvalue weighted by molar-refractivity contribution is 6.16. The number of carboxylic acids is 1. The first-order chi connectivity index (χ1) is 11.0. The minimum atomic E-state index is -1.47. The number of rotatable bonds is 6. The number of aromatic carboxylic acids is 1. The molecule has 2 aromatic rings. The van der Waals surface area contributed by atoms with Gasteiger partial charge in [-0.2, -0.15) is 0 Å². The number of amides is 1. The Bertz CT molecular complexity index is 787. The second-order valence-corrected chi connectivity index (χ2v) is 4.76. The average molecular weight is 318 g/mol. The summed E-state index contributed by atoms with van der Waals surface area (Å²) in [5, 5.41) is 32.2. The summed E-state index contributed by atoms with van der Waals surface area (Å²) in [7, 11) is 0. The molecule has 0 bridgehead atoms. The van der Waals surface area contributed by atoms with Gasteiger partial charge in [0.05, 0.1) is 4.92 Å². The summed E-state index contributed by atoms with van der Waals surface area (Å²) in [5.41, 5.74) is -1.04. The molecule has 8 nitrogen and oxygen atoms in total. The molecule has 8 heteroatoms. The summed E-state index contributed by atoms with van der Waals surface area (Å²) in [4.78, 5) is 34.0. The van der Waals surface area contributed by atoms with Gasteiger partial charge >= 0.3 is 5.97 Å². The van der Waals surface area contributed by atoms with Crippen molar-refractivity contribution in [1.29, 1.82) is 0 Å². The number of nitrogens with one attached hydrogen (secondary N) is 1. The number of fused-ring (bicyclic) bond motifs is 1. The van der Waals surface area contributed by atoms with Crippen LogP contribution in [0, 0.1) is 10.1 Å². The van der Waals surface area contributed by atoms with Crippen LogP contribution in [-0.2, 0) is 0 Å². The molecule has 0 radical (unpaired) electrons. The van der Waals surface area contributed by atoms with Gasteiger partial charge in [0.2, 0.25) is 0 Å². The lowest BCUT2D eigenvalue weighted by Crippen LogP contribution is -2.25. The Kier molecular flexibility index (Phi) is 4.87. The minimum Gasteiger partial charge on any atom is -0.477 e. The van der Waals surface area contributed by atoms with Crippen LogP contribution in [0.25, 0.3) is 10.8 Å². The summed E-state index contributed by atoms with van der Waals surface area (Å²) < 4.78 is 0. The molecule has 0 saturated heterocycles. The monoisotopic (exact) mass is 318 g/mol. The number of aliphatic hydroxyl groups is 1. The van der Waals surface area contributed by atoms with Crippen LogP contribution in [0.4, 0.5) is 5.69 Å².